The molecule has 9 nitrogen and oxygen atoms in total. The van der Waals surface area contributed by atoms with Gasteiger partial charge in [-0.3, -0.25) is 15.1 Å². The SMILES string of the molecule is Cc1ccc(Oc2cnc3c(c2Cc2ccc(Cl)cc2)C(=O)[N+](C)(CCCOC=O)C(=O)N3)cn1. The van der Waals surface area contributed by atoms with Gasteiger partial charge in [0.05, 0.1) is 32.6 Å². The first-order chi connectivity index (χ1) is 16.8. The lowest BCUT2D eigenvalue weighted by atomic mass is 9.97. The zero-order valence-corrected chi connectivity index (χ0v) is 20.0. The molecule has 0 saturated heterocycles. The van der Waals surface area contributed by atoms with Crippen LogP contribution in [0.15, 0.2) is 48.8 Å². The number of hydrogen-bond donors (Lipinski definition) is 1. The van der Waals surface area contributed by atoms with Crippen LogP contribution in [0.1, 0.15) is 33.6 Å². The molecule has 1 aromatic carbocycles. The lowest BCUT2D eigenvalue weighted by molar-refractivity contribution is -0.743. The molecule has 1 N–H and O–H groups in total. The molecular formula is C25H24ClN4O5+. The Kier molecular flexibility index (Phi) is 7.09. The number of rotatable bonds is 9. The number of imide groups is 1. The van der Waals surface area contributed by atoms with Crippen LogP contribution in [-0.4, -0.2) is 53.1 Å². The van der Waals surface area contributed by atoms with Crippen LogP contribution in [0.25, 0.3) is 0 Å². The monoisotopic (exact) mass is 495 g/mol. The lowest BCUT2D eigenvalue weighted by Crippen LogP contribution is -2.59. The lowest BCUT2D eigenvalue weighted by Gasteiger charge is -2.33. The largest absolute Gasteiger partial charge is 0.468 e. The van der Waals surface area contributed by atoms with Crippen LogP contribution >= 0.6 is 11.6 Å². The smallest absolute Gasteiger partial charge is 0.429 e. The number of aromatic nitrogens is 2. The highest BCUT2D eigenvalue weighted by Crippen LogP contribution is 2.37. The van der Waals surface area contributed by atoms with Crippen molar-refractivity contribution in [3.63, 3.8) is 0 Å². The minimum absolute atomic E-state index is 0.101. The highest BCUT2D eigenvalue weighted by molar-refractivity contribution is 6.30. The Morgan fingerprint density at radius 1 is 1.09 bits per heavy atom. The summed E-state index contributed by atoms with van der Waals surface area (Å²) in [5.41, 5.74) is 2.59. The molecule has 2 aromatic heterocycles. The number of urea groups is 1. The normalized spacial score (nSPS) is 16.9. The number of quaternary nitrogens is 1. The number of carbonyl (C=O) groups is 3. The predicted molar refractivity (Wildman–Crippen MR) is 129 cm³/mol. The zero-order chi connectivity index (χ0) is 25.0. The van der Waals surface area contributed by atoms with Gasteiger partial charge in [-0.15, -0.1) is 0 Å². The molecule has 0 spiro atoms. The van der Waals surface area contributed by atoms with Gasteiger partial charge in [-0.2, -0.15) is 4.48 Å². The van der Waals surface area contributed by atoms with Crippen molar-refractivity contribution in [2.45, 2.75) is 19.8 Å². The van der Waals surface area contributed by atoms with Crippen molar-refractivity contribution in [1.29, 1.82) is 0 Å². The fraction of sp³-hybridized carbons (Fsp3) is 0.240. The Labute approximate surface area is 207 Å². The molecule has 3 heterocycles. The summed E-state index contributed by atoms with van der Waals surface area (Å²) in [6.45, 7) is 2.46. The van der Waals surface area contributed by atoms with Gasteiger partial charge in [0, 0.05) is 29.1 Å². The molecule has 1 aliphatic rings. The number of benzene rings is 1. The average Bonchev–Trinajstić information content (AvgIpc) is 2.85. The number of ether oxygens (including phenoxy) is 2. The molecule has 0 fully saturated rings. The molecular weight excluding hydrogens is 472 g/mol. The van der Waals surface area contributed by atoms with Gasteiger partial charge in [0.1, 0.15) is 17.1 Å². The number of nitrogens with one attached hydrogen (secondary N) is 1. The molecule has 0 saturated carbocycles. The van der Waals surface area contributed by atoms with Crippen LogP contribution in [-0.2, 0) is 16.0 Å². The molecule has 1 aliphatic heterocycles. The number of carbonyl (C=O) groups excluding carboxylic acids is 3. The van der Waals surface area contributed by atoms with E-state index in [1.165, 1.54) is 13.2 Å². The molecule has 1 atom stereocenters. The summed E-state index contributed by atoms with van der Waals surface area (Å²) in [6.07, 6.45) is 3.75. The van der Waals surface area contributed by atoms with E-state index in [0.717, 1.165) is 11.3 Å². The average molecular weight is 496 g/mol. The van der Waals surface area contributed by atoms with E-state index < -0.39 is 16.4 Å². The van der Waals surface area contributed by atoms with Gasteiger partial charge >= 0.3 is 11.9 Å². The van der Waals surface area contributed by atoms with E-state index in [4.69, 9.17) is 21.1 Å². The van der Waals surface area contributed by atoms with Gasteiger partial charge in [-0.25, -0.2) is 14.6 Å². The zero-order valence-electron chi connectivity index (χ0n) is 19.3. The van der Waals surface area contributed by atoms with Crippen molar-refractivity contribution < 1.29 is 28.3 Å². The minimum Gasteiger partial charge on any atom is -0.468 e. The molecule has 3 aromatic rings. The van der Waals surface area contributed by atoms with Crippen LogP contribution < -0.4 is 10.1 Å². The topological polar surface area (TPSA) is 107 Å². The summed E-state index contributed by atoms with van der Waals surface area (Å²) in [7, 11) is 1.53. The van der Waals surface area contributed by atoms with Crippen molar-refractivity contribution in [2.75, 3.05) is 25.5 Å². The van der Waals surface area contributed by atoms with Crippen molar-refractivity contribution in [3.05, 3.63) is 76.2 Å². The van der Waals surface area contributed by atoms with Crippen LogP contribution in [0.4, 0.5) is 10.6 Å². The summed E-state index contributed by atoms with van der Waals surface area (Å²) >= 11 is 6.05. The second-order valence-electron chi connectivity index (χ2n) is 8.34. The van der Waals surface area contributed by atoms with E-state index in [0.29, 0.717) is 41.4 Å². The summed E-state index contributed by atoms with van der Waals surface area (Å²) < 4.78 is 10.3. The van der Waals surface area contributed by atoms with E-state index in [-0.39, 0.29) is 24.5 Å². The van der Waals surface area contributed by atoms with Crippen LogP contribution in [0, 0.1) is 6.92 Å². The Bertz CT molecular complexity index is 1260. The highest BCUT2D eigenvalue weighted by atomic mass is 35.5. The van der Waals surface area contributed by atoms with E-state index in [1.807, 2.05) is 25.1 Å². The number of hydrogen-bond acceptors (Lipinski definition) is 7. The third-order valence-electron chi connectivity index (χ3n) is 5.82. The Morgan fingerprint density at radius 2 is 1.86 bits per heavy atom. The highest BCUT2D eigenvalue weighted by Gasteiger charge is 2.48. The molecule has 4 rings (SSSR count). The molecule has 35 heavy (non-hydrogen) atoms. The summed E-state index contributed by atoms with van der Waals surface area (Å²) in [5, 5.41) is 3.35. The maximum atomic E-state index is 13.8. The first kappa shape index (κ1) is 24.3. The maximum absolute atomic E-state index is 13.8. The number of pyridine rings is 2. The maximum Gasteiger partial charge on any atom is 0.429 e. The number of fused-ring (bicyclic) bond motifs is 1. The first-order valence-electron chi connectivity index (χ1n) is 11.0. The minimum atomic E-state index is -0.542. The predicted octanol–water partition coefficient (Wildman–Crippen LogP) is 4.52. The number of amides is 3. The Balaban J connectivity index is 1.77. The second kappa shape index (κ2) is 10.2. The number of halogens is 1. The molecule has 0 bridgehead atoms. The number of anilines is 1. The van der Waals surface area contributed by atoms with Crippen molar-refractivity contribution in [2.24, 2.45) is 0 Å². The van der Waals surface area contributed by atoms with E-state index in [2.05, 4.69) is 15.3 Å². The number of aryl methyl sites for hydroxylation is 1. The summed E-state index contributed by atoms with van der Waals surface area (Å²) in [6, 6.07) is 10.4. The van der Waals surface area contributed by atoms with E-state index >= 15 is 0 Å². The third kappa shape index (κ3) is 5.16. The molecule has 10 heteroatoms. The van der Waals surface area contributed by atoms with Crippen LogP contribution in [0.3, 0.4) is 0 Å². The first-order valence-corrected chi connectivity index (χ1v) is 11.3. The quantitative estimate of drug-likeness (QED) is 0.264. The van der Waals surface area contributed by atoms with Gasteiger partial charge in [-0.1, -0.05) is 23.7 Å². The van der Waals surface area contributed by atoms with E-state index in [1.54, 1.807) is 24.4 Å². The van der Waals surface area contributed by atoms with Gasteiger partial charge in [0.15, 0.2) is 5.82 Å². The van der Waals surface area contributed by atoms with Gasteiger partial charge < -0.3 is 9.47 Å². The van der Waals surface area contributed by atoms with Gasteiger partial charge in [-0.05, 0) is 36.8 Å². The van der Waals surface area contributed by atoms with Crippen LogP contribution in [0.5, 0.6) is 11.5 Å². The third-order valence-corrected chi connectivity index (χ3v) is 6.08. The molecule has 1 unspecified atom stereocenters. The number of nitrogens with zero attached hydrogens (tertiary/aromatic N) is 3. The Morgan fingerprint density at radius 3 is 2.54 bits per heavy atom. The van der Waals surface area contributed by atoms with Gasteiger partial charge in [0.25, 0.3) is 6.47 Å². The Hall–Kier alpha value is -3.82. The fourth-order valence-electron chi connectivity index (χ4n) is 3.85. The standard InChI is InChI=1S/C25H23ClN4O5/c1-16-4-9-19(13-27-16)35-21-14-28-23-22(20(21)12-17-5-7-18(26)8-6-17)24(32)30(2,25(33)29-23)10-3-11-34-15-31/h4-9,13-15H,3,10-12H2,1-2H3/p+1. The molecule has 0 radical (unpaired) electrons. The van der Waals surface area contributed by atoms with Crippen molar-refractivity contribution in [3.8, 4) is 11.5 Å². The van der Waals surface area contributed by atoms with Gasteiger partial charge in [0.2, 0.25) is 0 Å². The van der Waals surface area contributed by atoms with Crippen molar-refractivity contribution in [1.82, 2.24) is 9.97 Å². The summed E-state index contributed by atoms with van der Waals surface area (Å²) in [4.78, 5) is 45.8. The second-order valence-corrected chi connectivity index (χ2v) is 8.77. The summed E-state index contributed by atoms with van der Waals surface area (Å²) in [5.74, 6) is 0.631. The molecule has 0 aliphatic carbocycles. The molecule has 180 valence electrons. The van der Waals surface area contributed by atoms with E-state index in [9.17, 15) is 14.4 Å². The molecule has 3 amide bonds. The van der Waals surface area contributed by atoms with Crippen molar-refractivity contribution >= 4 is 35.8 Å². The van der Waals surface area contributed by atoms with Crippen LogP contribution in [0.2, 0.25) is 5.02 Å². The fourth-order valence-corrected chi connectivity index (χ4v) is 3.97.